The van der Waals surface area contributed by atoms with E-state index in [2.05, 4.69) is 25.1 Å². The minimum atomic E-state index is -4.27. The molecule has 8 nitrogen and oxygen atoms in total. The number of fused-ring (bicyclic) bond motifs is 1. The van der Waals surface area contributed by atoms with Crippen molar-refractivity contribution in [1.29, 1.82) is 0 Å². The molecule has 0 radical (unpaired) electrons. The SMILES string of the molecule is CCc1cccc2sc(C)[n+](OC(C)OC(C)OC(C)OC)c12.Cc1ccc(S(=O)(=O)[O-])cc1. The monoisotopic (exact) mass is 511 g/mol. The molecule has 34 heavy (non-hydrogen) atoms. The molecule has 0 saturated heterocycles. The first-order valence-corrected chi connectivity index (χ1v) is 13.1. The van der Waals surface area contributed by atoms with E-state index in [9.17, 15) is 13.0 Å². The Labute approximate surface area is 205 Å². The van der Waals surface area contributed by atoms with E-state index in [4.69, 9.17) is 19.0 Å². The Bertz CT molecular complexity index is 1160. The Hall–Kier alpha value is -2.08. The third-order valence-electron chi connectivity index (χ3n) is 4.87. The van der Waals surface area contributed by atoms with Crippen LogP contribution in [0.15, 0.2) is 47.4 Å². The minimum absolute atomic E-state index is 0.178. The average molecular weight is 512 g/mol. The molecule has 1 aromatic heterocycles. The molecule has 0 saturated carbocycles. The van der Waals surface area contributed by atoms with Gasteiger partial charge in [-0.1, -0.05) is 48.1 Å². The van der Waals surface area contributed by atoms with Crippen LogP contribution in [-0.2, 0) is 30.7 Å². The van der Waals surface area contributed by atoms with E-state index >= 15 is 0 Å². The van der Waals surface area contributed by atoms with Crippen molar-refractivity contribution in [3.8, 4) is 0 Å². The summed E-state index contributed by atoms with van der Waals surface area (Å²) in [6.45, 7) is 11.5. The summed E-state index contributed by atoms with van der Waals surface area (Å²) in [5.74, 6) is 0. The van der Waals surface area contributed by atoms with E-state index in [-0.39, 0.29) is 11.2 Å². The number of methoxy groups -OCH3 is 1. The standard InChI is InChI=1S/C17H26NO4S.C7H8O3S/c1-7-15-9-8-10-16-17(15)18(11(2)23-16)22-14(5)21-13(4)20-12(3)19-6;1-6-2-4-7(5-3-6)11(8,9)10/h8-10,12-14H,7H2,1-6H3;2-5H,1H3,(H,8,9,10)/q+1;/p-1. The second kappa shape index (κ2) is 12.6. The van der Waals surface area contributed by atoms with E-state index in [1.54, 1.807) is 30.6 Å². The third-order valence-corrected chi connectivity index (χ3v) is 6.73. The second-order valence-electron chi connectivity index (χ2n) is 7.62. The number of ether oxygens (including phenoxy) is 3. The second-order valence-corrected chi connectivity index (χ2v) is 10.2. The van der Waals surface area contributed by atoms with Crippen molar-refractivity contribution in [1.82, 2.24) is 0 Å². The molecule has 3 atom stereocenters. The maximum absolute atomic E-state index is 10.4. The van der Waals surface area contributed by atoms with Crippen LogP contribution in [0, 0.1) is 13.8 Å². The first-order chi connectivity index (χ1) is 16.0. The average Bonchev–Trinajstić information content (AvgIpc) is 3.08. The normalized spacial score (nSPS) is 14.2. The zero-order valence-corrected chi connectivity index (χ0v) is 22.2. The molecule has 188 valence electrons. The van der Waals surface area contributed by atoms with E-state index in [0.717, 1.165) is 22.5 Å². The molecule has 1 heterocycles. The molecule has 3 aromatic rings. The highest BCUT2D eigenvalue weighted by Crippen LogP contribution is 2.23. The molecule has 3 unspecified atom stereocenters. The maximum atomic E-state index is 10.4. The Morgan fingerprint density at radius 2 is 1.59 bits per heavy atom. The van der Waals surface area contributed by atoms with Crippen molar-refractivity contribution in [3.63, 3.8) is 0 Å². The quantitative estimate of drug-likeness (QED) is 0.242. The summed E-state index contributed by atoms with van der Waals surface area (Å²) >= 11 is 1.71. The fourth-order valence-electron chi connectivity index (χ4n) is 3.16. The highest BCUT2D eigenvalue weighted by molar-refractivity contribution is 7.85. The van der Waals surface area contributed by atoms with Crippen LogP contribution in [0.25, 0.3) is 10.2 Å². The van der Waals surface area contributed by atoms with E-state index in [1.807, 2.05) is 39.3 Å². The largest absolute Gasteiger partial charge is 0.744 e. The Morgan fingerprint density at radius 1 is 0.971 bits per heavy atom. The van der Waals surface area contributed by atoms with Gasteiger partial charge >= 0.3 is 0 Å². The molecule has 0 aliphatic rings. The van der Waals surface area contributed by atoms with Gasteiger partial charge < -0.3 is 18.8 Å². The molecule has 0 aliphatic carbocycles. The number of hydrogen-bond acceptors (Lipinski definition) is 8. The van der Waals surface area contributed by atoms with Gasteiger partial charge in [-0.2, -0.15) is 0 Å². The summed E-state index contributed by atoms with van der Waals surface area (Å²) in [7, 11) is -2.67. The summed E-state index contributed by atoms with van der Waals surface area (Å²) in [5.41, 5.74) is 3.31. The lowest BCUT2D eigenvalue weighted by atomic mass is 10.1. The number of aromatic nitrogens is 1. The number of hydrogen-bond donors (Lipinski definition) is 0. The van der Waals surface area contributed by atoms with Gasteiger partial charge in [-0.15, -0.1) is 0 Å². The van der Waals surface area contributed by atoms with Crippen molar-refractivity contribution in [2.75, 3.05) is 7.11 Å². The maximum Gasteiger partial charge on any atom is 0.287 e. The Balaban J connectivity index is 0.000000310. The van der Waals surface area contributed by atoms with Gasteiger partial charge in [0.15, 0.2) is 12.6 Å². The number of aryl methyl sites for hydroxylation is 3. The Kier molecular flexibility index (Phi) is 10.4. The summed E-state index contributed by atoms with van der Waals surface area (Å²) in [6, 6.07) is 12.1. The topological polar surface area (TPSA) is 98.0 Å². The van der Waals surface area contributed by atoms with E-state index in [1.165, 1.54) is 22.4 Å². The van der Waals surface area contributed by atoms with Crippen LogP contribution in [0.1, 0.15) is 43.8 Å². The zero-order valence-electron chi connectivity index (χ0n) is 20.6. The summed E-state index contributed by atoms with van der Waals surface area (Å²) in [5, 5.41) is 1.08. The number of rotatable bonds is 9. The molecule has 0 N–H and O–H groups in total. The van der Waals surface area contributed by atoms with Gasteiger partial charge in [0.05, 0.1) is 4.90 Å². The molecular formula is C24H33NO7S2. The van der Waals surface area contributed by atoms with Crippen LogP contribution in [0.2, 0.25) is 0 Å². The number of para-hydroxylation sites is 1. The van der Waals surface area contributed by atoms with Crippen LogP contribution in [0.4, 0.5) is 0 Å². The van der Waals surface area contributed by atoms with Crippen LogP contribution in [-0.4, -0.2) is 39.0 Å². The molecule has 0 spiro atoms. The molecule has 10 heteroatoms. The van der Waals surface area contributed by atoms with Crippen molar-refractivity contribution < 1.29 is 36.7 Å². The summed E-state index contributed by atoms with van der Waals surface area (Å²) < 4.78 is 50.6. The fraction of sp³-hybridized carbons (Fsp3) is 0.458. The lowest BCUT2D eigenvalue weighted by Crippen LogP contribution is -2.50. The van der Waals surface area contributed by atoms with Crippen molar-refractivity contribution in [2.24, 2.45) is 0 Å². The molecule has 0 fully saturated rings. The predicted octanol–water partition coefficient (Wildman–Crippen LogP) is 4.10. The first kappa shape index (κ1) is 28.2. The van der Waals surface area contributed by atoms with Gasteiger partial charge in [-0.25, -0.2) is 13.3 Å². The number of benzene rings is 2. The minimum Gasteiger partial charge on any atom is -0.744 e. The Morgan fingerprint density at radius 3 is 2.15 bits per heavy atom. The van der Waals surface area contributed by atoms with Gasteiger partial charge in [-0.05, 0) is 45.4 Å². The highest BCUT2D eigenvalue weighted by Gasteiger charge is 2.26. The van der Waals surface area contributed by atoms with Gasteiger partial charge in [0.25, 0.3) is 16.8 Å². The van der Waals surface area contributed by atoms with Crippen LogP contribution in [0.3, 0.4) is 0 Å². The summed E-state index contributed by atoms with van der Waals surface area (Å²) in [4.78, 5) is 5.83. The van der Waals surface area contributed by atoms with E-state index in [0.29, 0.717) is 0 Å². The van der Waals surface area contributed by atoms with Crippen molar-refractivity contribution in [3.05, 3.63) is 58.6 Å². The van der Waals surface area contributed by atoms with Crippen LogP contribution >= 0.6 is 11.3 Å². The van der Waals surface area contributed by atoms with Gasteiger partial charge in [-0.3, -0.25) is 0 Å². The molecular weight excluding hydrogens is 478 g/mol. The van der Waals surface area contributed by atoms with Crippen LogP contribution < -0.4 is 9.57 Å². The smallest absolute Gasteiger partial charge is 0.287 e. The molecule has 0 amide bonds. The molecule has 3 rings (SSSR count). The van der Waals surface area contributed by atoms with Crippen molar-refractivity contribution >= 4 is 31.7 Å². The number of thiazole rings is 1. The first-order valence-electron chi connectivity index (χ1n) is 10.9. The van der Waals surface area contributed by atoms with Gasteiger partial charge in [0, 0.05) is 31.3 Å². The molecule has 0 bridgehead atoms. The van der Waals surface area contributed by atoms with Gasteiger partial charge in [0.1, 0.15) is 14.8 Å². The van der Waals surface area contributed by atoms with E-state index < -0.39 is 22.7 Å². The summed E-state index contributed by atoms with van der Waals surface area (Å²) in [6.07, 6.45) is -0.228. The zero-order chi connectivity index (χ0) is 25.5. The molecule has 2 aromatic carbocycles. The number of nitrogens with zero attached hydrogens (tertiary/aromatic N) is 1. The lowest BCUT2D eigenvalue weighted by molar-refractivity contribution is -0.888. The lowest BCUT2D eigenvalue weighted by Gasteiger charge is -2.20. The predicted molar refractivity (Wildman–Crippen MR) is 129 cm³/mol. The third kappa shape index (κ3) is 8.00. The highest BCUT2D eigenvalue weighted by atomic mass is 32.2. The fourth-order valence-corrected chi connectivity index (χ4v) is 4.62. The van der Waals surface area contributed by atoms with Gasteiger partial charge in [0.2, 0.25) is 0 Å². The van der Waals surface area contributed by atoms with Crippen LogP contribution in [0.5, 0.6) is 0 Å². The molecule has 0 aliphatic heterocycles. The van der Waals surface area contributed by atoms with Crippen molar-refractivity contribution in [2.45, 2.75) is 71.7 Å².